The van der Waals surface area contributed by atoms with Crippen molar-refractivity contribution in [3.8, 4) is 0 Å². The molecule has 0 atom stereocenters. The van der Waals surface area contributed by atoms with Gasteiger partial charge in [0.05, 0.1) is 21.3 Å². The summed E-state index contributed by atoms with van der Waals surface area (Å²) in [5.41, 5.74) is 5.63. The lowest BCUT2D eigenvalue weighted by Crippen LogP contribution is -2.08. The van der Waals surface area contributed by atoms with Crippen LogP contribution in [0.4, 0.5) is 42.0 Å². The summed E-state index contributed by atoms with van der Waals surface area (Å²) in [4.78, 5) is 11.7. The van der Waals surface area contributed by atoms with Crippen molar-refractivity contribution >= 4 is 63.6 Å². The summed E-state index contributed by atoms with van der Waals surface area (Å²) < 4.78 is 38.2. The molecule has 0 radical (unpaired) electrons. The van der Waals surface area contributed by atoms with E-state index in [4.69, 9.17) is 40.5 Å². The molecule has 1 aromatic carbocycles. The quantitative estimate of drug-likeness (QED) is 0.458. The monoisotopic (exact) mass is 448 g/mol. The molecule has 3 rings (SSSR count). The number of hydrogen-bond acceptors (Lipinski definition) is 6. The molecule has 2 heterocycles. The van der Waals surface area contributed by atoms with Gasteiger partial charge in [-0.3, -0.25) is 0 Å². The highest BCUT2D eigenvalue weighted by Gasteiger charge is 2.31. The zero-order valence-corrected chi connectivity index (χ0v) is 15.9. The molecule has 12 heteroatoms. The zero-order chi connectivity index (χ0) is 20.5. The second-order valence-electron chi connectivity index (χ2n) is 5.41. The van der Waals surface area contributed by atoms with Gasteiger partial charge in [0.2, 0.25) is 0 Å². The molecule has 28 heavy (non-hydrogen) atoms. The first-order valence-corrected chi connectivity index (χ1v) is 8.61. The molecule has 0 aliphatic carbocycles. The van der Waals surface area contributed by atoms with Gasteiger partial charge in [0.1, 0.15) is 17.8 Å². The van der Waals surface area contributed by atoms with Crippen molar-refractivity contribution < 1.29 is 13.2 Å². The van der Waals surface area contributed by atoms with E-state index in [0.29, 0.717) is 21.9 Å². The molecule has 0 amide bonds. The van der Waals surface area contributed by atoms with Crippen LogP contribution in [-0.4, -0.2) is 15.0 Å². The van der Waals surface area contributed by atoms with Crippen molar-refractivity contribution in [3.63, 3.8) is 0 Å². The van der Waals surface area contributed by atoms with Gasteiger partial charge < -0.3 is 16.4 Å². The van der Waals surface area contributed by atoms with Crippen LogP contribution in [0.5, 0.6) is 0 Å². The summed E-state index contributed by atoms with van der Waals surface area (Å²) in [5.74, 6) is 0.261. The first-order valence-electron chi connectivity index (χ1n) is 7.47. The normalized spacial score (nSPS) is 11.4. The van der Waals surface area contributed by atoms with E-state index in [-0.39, 0.29) is 28.2 Å². The Morgan fingerprint density at radius 2 is 1.54 bits per heavy atom. The SMILES string of the molecule is Nc1c(Nc2ccc(Cl)cc2Cl)ncnc1Nc1ncc(C(F)(F)F)cc1Cl. The van der Waals surface area contributed by atoms with E-state index in [1.807, 2.05) is 0 Å². The van der Waals surface area contributed by atoms with Crippen molar-refractivity contribution in [3.05, 3.63) is 57.4 Å². The lowest BCUT2D eigenvalue weighted by molar-refractivity contribution is -0.137. The van der Waals surface area contributed by atoms with Gasteiger partial charge in [0, 0.05) is 11.2 Å². The van der Waals surface area contributed by atoms with Gasteiger partial charge in [0.25, 0.3) is 0 Å². The summed E-state index contributed by atoms with van der Waals surface area (Å²) >= 11 is 17.9. The van der Waals surface area contributed by atoms with Crippen molar-refractivity contribution in [2.75, 3.05) is 16.4 Å². The van der Waals surface area contributed by atoms with Gasteiger partial charge in [-0.15, -0.1) is 0 Å². The molecular formula is C16H10Cl3F3N6. The minimum absolute atomic E-state index is 0.0458. The Kier molecular flexibility index (Phi) is 5.69. The van der Waals surface area contributed by atoms with E-state index in [9.17, 15) is 13.2 Å². The lowest BCUT2D eigenvalue weighted by atomic mass is 10.2. The predicted molar refractivity (Wildman–Crippen MR) is 104 cm³/mol. The Balaban J connectivity index is 1.87. The Bertz CT molecular complexity index is 1030. The highest BCUT2D eigenvalue weighted by Crippen LogP contribution is 2.35. The first-order chi connectivity index (χ1) is 13.1. The first kappa shape index (κ1) is 20.2. The van der Waals surface area contributed by atoms with Crippen LogP contribution in [0.25, 0.3) is 0 Å². The van der Waals surface area contributed by atoms with Crippen molar-refractivity contribution in [1.29, 1.82) is 0 Å². The average molecular weight is 450 g/mol. The number of benzene rings is 1. The van der Waals surface area contributed by atoms with Crippen LogP contribution < -0.4 is 16.4 Å². The molecule has 146 valence electrons. The number of nitrogen functional groups attached to an aromatic ring is 1. The number of nitrogens with two attached hydrogens (primary N) is 1. The molecule has 0 bridgehead atoms. The molecule has 0 aliphatic rings. The summed E-state index contributed by atoms with van der Waals surface area (Å²) in [6.07, 6.45) is -2.71. The van der Waals surface area contributed by atoms with Crippen LogP contribution in [-0.2, 0) is 6.18 Å². The van der Waals surface area contributed by atoms with Gasteiger partial charge in [-0.2, -0.15) is 13.2 Å². The Hall–Kier alpha value is -2.49. The number of anilines is 5. The zero-order valence-electron chi connectivity index (χ0n) is 13.7. The van der Waals surface area contributed by atoms with E-state index >= 15 is 0 Å². The lowest BCUT2D eigenvalue weighted by Gasteiger charge is -2.14. The standard InChI is InChI=1S/C16H10Cl3F3N6/c17-8-1-2-11(9(18)4-8)27-14-12(23)15(26-6-25-14)28-13-10(19)3-7(5-24-13)16(20,21)22/h1-6H,23H2,(H2,24,25,26,27,28). The minimum atomic E-state index is -4.56. The summed E-state index contributed by atoms with van der Waals surface area (Å²) in [5, 5.41) is 6.17. The molecule has 0 saturated carbocycles. The molecule has 4 N–H and O–H groups in total. The van der Waals surface area contributed by atoms with Crippen LogP contribution in [0.2, 0.25) is 15.1 Å². The third-order valence-corrected chi connectivity index (χ3v) is 4.31. The molecule has 0 unspecified atom stereocenters. The maximum absolute atomic E-state index is 12.7. The molecule has 0 spiro atoms. The van der Waals surface area contributed by atoms with Crippen LogP contribution in [0.1, 0.15) is 5.56 Å². The van der Waals surface area contributed by atoms with Gasteiger partial charge in [-0.1, -0.05) is 34.8 Å². The van der Waals surface area contributed by atoms with Crippen LogP contribution >= 0.6 is 34.8 Å². The molecule has 3 aromatic rings. The highest BCUT2D eigenvalue weighted by atomic mass is 35.5. The number of nitrogens with zero attached hydrogens (tertiary/aromatic N) is 3. The molecule has 2 aromatic heterocycles. The third kappa shape index (κ3) is 4.49. The van der Waals surface area contributed by atoms with Gasteiger partial charge >= 0.3 is 6.18 Å². The molecule has 0 aliphatic heterocycles. The highest BCUT2D eigenvalue weighted by molar-refractivity contribution is 6.36. The largest absolute Gasteiger partial charge is 0.417 e. The van der Waals surface area contributed by atoms with Gasteiger partial charge in [-0.25, -0.2) is 15.0 Å². The second kappa shape index (κ2) is 7.86. The number of aromatic nitrogens is 3. The predicted octanol–water partition coefficient (Wildman–Crippen LogP) is 5.92. The van der Waals surface area contributed by atoms with E-state index < -0.39 is 11.7 Å². The van der Waals surface area contributed by atoms with E-state index in [0.717, 1.165) is 6.07 Å². The van der Waals surface area contributed by atoms with Crippen molar-refractivity contribution in [1.82, 2.24) is 15.0 Å². The van der Waals surface area contributed by atoms with Crippen molar-refractivity contribution in [2.45, 2.75) is 6.18 Å². The maximum atomic E-state index is 12.7. The number of rotatable bonds is 4. The van der Waals surface area contributed by atoms with E-state index in [1.54, 1.807) is 12.1 Å². The smallest absolute Gasteiger partial charge is 0.393 e. The maximum Gasteiger partial charge on any atom is 0.417 e. The molecule has 0 saturated heterocycles. The Labute approximate surface area is 171 Å². The minimum Gasteiger partial charge on any atom is -0.393 e. The fraction of sp³-hybridized carbons (Fsp3) is 0.0625. The van der Waals surface area contributed by atoms with Crippen molar-refractivity contribution in [2.24, 2.45) is 0 Å². The number of alkyl halides is 3. The fourth-order valence-electron chi connectivity index (χ4n) is 2.11. The number of pyridine rings is 1. The Morgan fingerprint density at radius 1 is 0.857 bits per heavy atom. The summed E-state index contributed by atoms with van der Waals surface area (Å²) in [6, 6.07) is 5.54. The molecule has 6 nitrogen and oxygen atoms in total. The Morgan fingerprint density at radius 3 is 2.14 bits per heavy atom. The fourth-order valence-corrected chi connectivity index (χ4v) is 2.78. The summed E-state index contributed by atoms with van der Waals surface area (Å²) in [7, 11) is 0. The van der Waals surface area contributed by atoms with Crippen LogP contribution in [0.3, 0.4) is 0 Å². The van der Waals surface area contributed by atoms with E-state index in [1.165, 1.54) is 12.4 Å². The van der Waals surface area contributed by atoms with E-state index in [2.05, 4.69) is 25.6 Å². The summed E-state index contributed by atoms with van der Waals surface area (Å²) in [6.45, 7) is 0. The topological polar surface area (TPSA) is 88.8 Å². The second-order valence-corrected chi connectivity index (χ2v) is 6.66. The molecule has 0 fully saturated rings. The average Bonchev–Trinajstić information content (AvgIpc) is 2.61. The third-order valence-electron chi connectivity index (χ3n) is 3.47. The molecular weight excluding hydrogens is 440 g/mol. The van der Waals surface area contributed by atoms with Gasteiger partial charge in [0.15, 0.2) is 11.6 Å². The van der Waals surface area contributed by atoms with Crippen LogP contribution in [0.15, 0.2) is 36.8 Å². The number of halogens is 6. The number of nitrogens with one attached hydrogen (secondary N) is 2. The van der Waals surface area contributed by atoms with Crippen LogP contribution in [0, 0.1) is 0 Å². The van der Waals surface area contributed by atoms with Gasteiger partial charge in [-0.05, 0) is 24.3 Å². The number of hydrogen-bond donors (Lipinski definition) is 3.